The number of aliphatic hydroxyl groups excluding tert-OH is 7. The lowest BCUT2D eigenvalue weighted by Gasteiger charge is -2.46. The molecule has 3 rings (SSSR count). The lowest BCUT2D eigenvalue weighted by Crippen LogP contribution is -2.63. The van der Waals surface area contributed by atoms with Gasteiger partial charge in [-0.15, -0.1) is 16.5 Å². The normalized spacial score (nSPS) is 35.0. The van der Waals surface area contributed by atoms with Gasteiger partial charge in [-0.2, -0.15) is 5.01 Å². The Labute approximate surface area is 227 Å². The Hall–Kier alpha value is -1.96. The highest BCUT2D eigenvalue weighted by molar-refractivity contribution is 6.18. The number of carbonyl (C=O) groups is 1. The fourth-order valence-corrected chi connectivity index (χ4v) is 4.68. The van der Waals surface area contributed by atoms with Crippen molar-refractivity contribution in [2.45, 2.75) is 61.6 Å². The molecule has 0 saturated carbocycles. The molecule has 0 bridgehead atoms. The fraction of sp³-hybridized carbons (Fsp3) is 0.773. The van der Waals surface area contributed by atoms with Crippen LogP contribution in [0.4, 0.5) is 4.79 Å². The molecule has 1 aromatic rings. The number of urea groups is 1. The first-order valence-corrected chi connectivity index (χ1v) is 12.7. The lowest BCUT2D eigenvalue weighted by molar-refractivity contribution is -0.259. The first-order chi connectivity index (χ1) is 18.7. The molecule has 17 heteroatoms. The van der Waals surface area contributed by atoms with Gasteiger partial charge in [0.15, 0.2) is 6.23 Å². The number of carbonyl (C=O) groups excluding carboxylic acids is 1. The van der Waals surface area contributed by atoms with Gasteiger partial charge >= 0.3 is 6.03 Å². The zero-order valence-corrected chi connectivity index (χ0v) is 21.5. The van der Waals surface area contributed by atoms with Crippen LogP contribution in [0.5, 0.6) is 0 Å². The zero-order chi connectivity index (χ0) is 28.7. The number of hydrogen-bond acceptors (Lipinski definition) is 14. The average molecular weight is 584 g/mol. The van der Waals surface area contributed by atoms with Gasteiger partial charge in [-0.3, -0.25) is 4.90 Å². The molecule has 7 N–H and O–H groups in total. The second-order valence-corrected chi connectivity index (χ2v) is 9.56. The maximum atomic E-state index is 13.1. The Morgan fingerprint density at radius 2 is 1.64 bits per heavy atom. The van der Waals surface area contributed by atoms with E-state index < -0.39 is 80.2 Å². The molecule has 0 spiro atoms. The first-order valence-electron chi connectivity index (χ1n) is 12.2. The maximum absolute atomic E-state index is 13.1. The van der Waals surface area contributed by atoms with Gasteiger partial charge < -0.3 is 54.4 Å². The summed E-state index contributed by atoms with van der Waals surface area (Å²) in [5, 5.41) is 74.3. The SMILES string of the molecule is O=NN(CCCl)C(=O)N(Cc1ccco1)C1OC(CO)C(COCC2OC(CO)C(O)C(O)C2O)C(O)C1O. The van der Waals surface area contributed by atoms with E-state index in [-0.39, 0.29) is 37.9 Å². The molecule has 16 nitrogen and oxygen atoms in total. The van der Waals surface area contributed by atoms with E-state index in [2.05, 4.69) is 5.29 Å². The molecule has 2 aliphatic heterocycles. The molecule has 2 fully saturated rings. The van der Waals surface area contributed by atoms with Crippen LogP contribution in [0.3, 0.4) is 0 Å². The van der Waals surface area contributed by atoms with Gasteiger partial charge in [0.25, 0.3) is 0 Å². The van der Waals surface area contributed by atoms with Gasteiger partial charge in [-0.1, -0.05) is 0 Å². The summed E-state index contributed by atoms with van der Waals surface area (Å²) in [6, 6.07) is 2.09. The number of nitrogens with zero attached hydrogens (tertiary/aromatic N) is 3. The molecule has 0 aliphatic carbocycles. The molecule has 10 unspecified atom stereocenters. The molecular weight excluding hydrogens is 550 g/mol. The second-order valence-electron chi connectivity index (χ2n) is 9.18. The number of halogens is 1. The van der Waals surface area contributed by atoms with E-state index in [1.807, 2.05) is 0 Å². The van der Waals surface area contributed by atoms with E-state index in [9.17, 15) is 45.4 Å². The molecule has 10 atom stereocenters. The number of amides is 2. The molecule has 2 aliphatic rings. The Bertz CT molecular complexity index is 895. The monoisotopic (exact) mass is 583 g/mol. The van der Waals surface area contributed by atoms with E-state index in [0.717, 1.165) is 4.90 Å². The van der Waals surface area contributed by atoms with Crippen molar-refractivity contribution in [1.29, 1.82) is 0 Å². The van der Waals surface area contributed by atoms with Gasteiger partial charge in [-0.25, -0.2) is 4.79 Å². The summed E-state index contributed by atoms with van der Waals surface area (Å²) in [5.41, 5.74) is 0. The number of nitroso groups, excluding NO2 is 1. The van der Waals surface area contributed by atoms with Gasteiger partial charge in [-0.05, 0) is 12.1 Å². The second kappa shape index (κ2) is 14.6. The van der Waals surface area contributed by atoms with Gasteiger partial charge in [0.2, 0.25) is 0 Å². The number of furan rings is 1. The van der Waals surface area contributed by atoms with Crippen LogP contribution in [0, 0.1) is 10.8 Å². The average Bonchev–Trinajstić information content (AvgIpc) is 3.46. The number of rotatable bonds is 12. The molecule has 1 aromatic heterocycles. The van der Waals surface area contributed by atoms with Crippen LogP contribution in [-0.4, -0.2) is 146 Å². The largest absolute Gasteiger partial charge is 0.467 e. The maximum Gasteiger partial charge on any atom is 0.345 e. The van der Waals surface area contributed by atoms with Crippen LogP contribution >= 0.6 is 11.6 Å². The number of hydrogen-bond donors (Lipinski definition) is 7. The van der Waals surface area contributed by atoms with Gasteiger partial charge in [0.05, 0.1) is 63.3 Å². The summed E-state index contributed by atoms with van der Waals surface area (Å²) in [5.74, 6) is -0.888. The van der Waals surface area contributed by atoms with Crippen molar-refractivity contribution in [2.75, 3.05) is 38.9 Å². The van der Waals surface area contributed by atoms with Gasteiger partial charge in [0.1, 0.15) is 42.4 Å². The lowest BCUT2D eigenvalue weighted by atomic mass is 9.89. The van der Waals surface area contributed by atoms with E-state index >= 15 is 0 Å². The van der Waals surface area contributed by atoms with Gasteiger partial charge in [0, 0.05) is 11.8 Å². The van der Waals surface area contributed by atoms with Crippen LogP contribution in [0.15, 0.2) is 28.1 Å². The molecule has 39 heavy (non-hydrogen) atoms. The Morgan fingerprint density at radius 1 is 0.949 bits per heavy atom. The number of alkyl halides is 1. The smallest absolute Gasteiger partial charge is 0.345 e. The first kappa shape index (κ1) is 31.6. The minimum Gasteiger partial charge on any atom is -0.467 e. The predicted molar refractivity (Wildman–Crippen MR) is 129 cm³/mol. The summed E-state index contributed by atoms with van der Waals surface area (Å²) in [6.07, 6.45) is -11.7. The van der Waals surface area contributed by atoms with E-state index in [1.165, 1.54) is 12.3 Å². The highest BCUT2D eigenvalue weighted by atomic mass is 35.5. The molecular formula is C22H34ClN3O13. The summed E-state index contributed by atoms with van der Waals surface area (Å²) >= 11 is 5.65. The molecule has 3 heterocycles. The topological polar surface area (TPSA) is 235 Å². The van der Waals surface area contributed by atoms with Crippen molar-refractivity contribution < 1.29 is 59.2 Å². The Morgan fingerprint density at radius 3 is 2.23 bits per heavy atom. The molecule has 0 aromatic carbocycles. The third-order valence-corrected chi connectivity index (χ3v) is 6.88. The van der Waals surface area contributed by atoms with Crippen LogP contribution < -0.4 is 0 Å². The van der Waals surface area contributed by atoms with Crippen LogP contribution in [0.25, 0.3) is 0 Å². The zero-order valence-electron chi connectivity index (χ0n) is 20.8. The van der Waals surface area contributed by atoms with E-state index in [4.69, 9.17) is 30.2 Å². The summed E-state index contributed by atoms with van der Waals surface area (Å²) in [7, 11) is 0. The molecule has 2 saturated heterocycles. The minimum atomic E-state index is -1.74. The molecule has 222 valence electrons. The quantitative estimate of drug-likeness (QED) is 0.0756. The summed E-state index contributed by atoms with van der Waals surface area (Å²) in [6.45, 7) is -2.48. The Balaban J connectivity index is 1.71. The summed E-state index contributed by atoms with van der Waals surface area (Å²) < 4.78 is 22.0. The van der Waals surface area contributed by atoms with Crippen molar-refractivity contribution in [3.63, 3.8) is 0 Å². The van der Waals surface area contributed by atoms with E-state index in [0.29, 0.717) is 5.01 Å². The van der Waals surface area contributed by atoms with Crippen LogP contribution in [0.1, 0.15) is 5.76 Å². The fourth-order valence-electron chi connectivity index (χ4n) is 4.52. The standard InChI is InChI=1S/C22H34ClN3O13/c23-3-4-26(24-35)22(34)25(6-11-2-1-5-37-11)21-20(33)16(29)12(13(7-27)39-21)9-36-10-15-18(31)19(32)17(30)14(8-28)38-15/h1-2,5,12-21,27-33H,3-4,6-10H2. The number of ether oxygens (including phenoxy) is 3. The highest BCUT2D eigenvalue weighted by Crippen LogP contribution is 2.31. The molecule has 0 radical (unpaired) electrons. The van der Waals surface area contributed by atoms with Crippen molar-refractivity contribution >= 4 is 17.6 Å². The molecule has 2 amide bonds. The van der Waals surface area contributed by atoms with Crippen molar-refractivity contribution in [2.24, 2.45) is 11.2 Å². The minimum absolute atomic E-state index is 0.115. The predicted octanol–water partition coefficient (Wildman–Crippen LogP) is -2.66. The third-order valence-electron chi connectivity index (χ3n) is 6.71. The Kier molecular flexibility index (Phi) is 11.8. The van der Waals surface area contributed by atoms with Crippen LogP contribution in [0.2, 0.25) is 0 Å². The van der Waals surface area contributed by atoms with Crippen molar-refractivity contribution in [3.05, 3.63) is 29.1 Å². The van der Waals surface area contributed by atoms with Crippen LogP contribution in [-0.2, 0) is 20.8 Å². The van der Waals surface area contributed by atoms with Crippen molar-refractivity contribution in [1.82, 2.24) is 9.91 Å². The third kappa shape index (κ3) is 7.22. The summed E-state index contributed by atoms with van der Waals surface area (Å²) in [4.78, 5) is 25.3. The van der Waals surface area contributed by atoms with E-state index in [1.54, 1.807) is 6.07 Å². The highest BCUT2D eigenvalue weighted by Gasteiger charge is 2.49. The van der Waals surface area contributed by atoms with Crippen molar-refractivity contribution in [3.8, 4) is 0 Å². The number of aliphatic hydroxyl groups is 7.